The minimum atomic E-state index is -3.74. The monoisotopic (exact) mass is 405 g/mol. The van der Waals surface area contributed by atoms with Crippen LogP contribution in [0.2, 0.25) is 0 Å². The minimum absolute atomic E-state index is 0.0144. The second-order valence-corrected chi connectivity index (χ2v) is 9.86. The second kappa shape index (κ2) is 7.26. The molecule has 1 N–H and O–H groups in total. The third-order valence-electron chi connectivity index (χ3n) is 4.07. The zero-order valence-corrected chi connectivity index (χ0v) is 16.5. The van der Waals surface area contributed by atoms with Gasteiger partial charge in [-0.05, 0) is 48.9 Å². The molecule has 0 fully saturated rings. The number of nitrogens with one attached hydrogen (secondary N) is 1. The first-order valence-electron chi connectivity index (χ1n) is 8.06. The van der Waals surface area contributed by atoms with Crippen LogP contribution in [0.15, 0.2) is 70.7 Å². The van der Waals surface area contributed by atoms with Gasteiger partial charge in [-0.1, -0.05) is 12.1 Å². The number of rotatable bonds is 6. The van der Waals surface area contributed by atoms with Gasteiger partial charge < -0.3 is 4.57 Å². The quantitative estimate of drug-likeness (QED) is 0.677. The predicted molar refractivity (Wildman–Crippen MR) is 102 cm³/mol. The maximum absolute atomic E-state index is 12.4. The molecule has 7 nitrogen and oxygen atoms in total. The van der Waals surface area contributed by atoms with Crippen molar-refractivity contribution in [2.24, 2.45) is 0 Å². The molecule has 9 heteroatoms. The van der Waals surface area contributed by atoms with Crippen molar-refractivity contribution >= 4 is 19.9 Å². The molecule has 0 aliphatic carbocycles. The van der Waals surface area contributed by atoms with Crippen LogP contribution >= 0.6 is 0 Å². The molecule has 0 aliphatic heterocycles. The summed E-state index contributed by atoms with van der Waals surface area (Å²) in [6, 6.07) is 12.6. The van der Waals surface area contributed by atoms with Crippen molar-refractivity contribution in [1.29, 1.82) is 0 Å². The number of benzene rings is 2. The van der Waals surface area contributed by atoms with Crippen LogP contribution in [-0.4, -0.2) is 32.6 Å². The molecule has 0 spiro atoms. The normalized spacial score (nSPS) is 12.2. The molecule has 0 aliphatic rings. The Bertz CT molecular complexity index is 1150. The van der Waals surface area contributed by atoms with E-state index in [1.54, 1.807) is 6.20 Å². The topological polar surface area (TPSA) is 98.1 Å². The molecule has 3 aromatic rings. The fourth-order valence-corrected chi connectivity index (χ4v) is 4.20. The summed E-state index contributed by atoms with van der Waals surface area (Å²) in [5.41, 5.74) is 1.74. The van der Waals surface area contributed by atoms with E-state index in [9.17, 15) is 16.8 Å². The van der Waals surface area contributed by atoms with Gasteiger partial charge in [0.2, 0.25) is 10.0 Å². The smallest absolute Gasteiger partial charge is 0.240 e. The van der Waals surface area contributed by atoms with Crippen molar-refractivity contribution in [2.75, 3.05) is 6.26 Å². The zero-order chi connectivity index (χ0) is 19.7. The number of aromatic nitrogens is 2. The van der Waals surface area contributed by atoms with Gasteiger partial charge in [-0.15, -0.1) is 0 Å². The number of sulfone groups is 1. The summed E-state index contributed by atoms with van der Waals surface area (Å²) in [6.45, 7) is 2.02. The van der Waals surface area contributed by atoms with Crippen molar-refractivity contribution in [3.63, 3.8) is 0 Å². The first kappa shape index (κ1) is 19.3. The highest BCUT2D eigenvalue weighted by atomic mass is 32.2. The van der Waals surface area contributed by atoms with E-state index in [2.05, 4.69) is 9.71 Å². The zero-order valence-electron chi connectivity index (χ0n) is 14.8. The average Bonchev–Trinajstić information content (AvgIpc) is 3.06. The number of aryl methyl sites for hydroxylation is 1. The van der Waals surface area contributed by atoms with Gasteiger partial charge in [0.15, 0.2) is 9.84 Å². The standard InChI is InChI=1S/C18H19N3O4S2/c1-14-19-11-12-21(14)16-5-3-15(4-6-16)13-20-27(24,25)18-9-7-17(8-10-18)26(2,22)23/h3-12,20H,13H2,1-2H3. The number of hydrogen-bond acceptors (Lipinski definition) is 5. The van der Waals surface area contributed by atoms with Crippen molar-refractivity contribution in [3.8, 4) is 5.69 Å². The second-order valence-electron chi connectivity index (χ2n) is 6.08. The van der Waals surface area contributed by atoms with Gasteiger partial charge >= 0.3 is 0 Å². The molecule has 2 aromatic carbocycles. The highest BCUT2D eigenvalue weighted by molar-refractivity contribution is 7.90. The molecule has 27 heavy (non-hydrogen) atoms. The molecule has 0 atom stereocenters. The van der Waals surface area contributed by atoms with Crippen LogP contribution in [-0.2, 0) is 26.4 Å². The molecule has 0 radical (unpaired) electrons. The summed E-state index contributed by atoms with van der Waals surface area (Å²) >= 11 is 0. The van der Waals surface area contributed by atoms with Gasteiger partial charge in [-0.25, -0.2) is 26.5 Å². The first-order valence-corrected chi connectivity index (χ1v) is 11.4. The number of hydrogen-bond donors (Lipinski definition) is 1. The molecule has 0 saturated carbocycles. The minimum Gasteiger partial charge on any atom is -0.304 e. The Morgan fingerprint density at radius 2 is 1.52 bits per heavy atom. The van der Waals surface area contributed by atoms with Crippen molar-refractivity contribution in [3.05, 3.63) is 72.3 Å². The van der Waals surface area contributed by atoms with Crippen LogP contribution in [0.25, 0.3) is 5.69 Å². The van der Waals surface area contributed by atoms with Crippen LogP contribution in [0.4, 0.5) is 0 Å². The van der Waals surface area contributed by atoms with Crippen molar-refractivity contribution in [2.45, 2.75) is 23.3 Å². The maximum Gasteiger partial charge on any atom is 0.240 e. The van der Waals surface area contributed by atoms with Crippen LogP contribution in [0.5, 0.6) is 0 Å². The lowest BCUT2D eigenvalue weighted by Crippen LogP contribution is -2.23. The Labute approximate surface area is 158 Å². The fourth-order valence-electron chi connectivity index (χ4n) is 2.55. The summed E-state index contributed by atoms with van der Waals surface area (Å²) in [7, 11) is -7.11. The van der Waals surface area contributed by atoms with E-state index in [-0.39, 0.29) is 16.3 Å². The molecule has 0 saturated heterocycles. The lowest BCUT2D eigenvalue weighted by atomic mass is 10.2. The van der Waals surface area contributed by atoms with E-state index in [0.29, 0.717) is 0 Å². The highest BCUT2D eigenvalue weighted by Gasteiger charge is 2.15. The Balaban J connectivity index is 1.71. The van der Waals surface area contributed by atoms with Gasteiger partial charge in [-0.2, -0.15) is 0 Å². The molecule has 3 rings (SSSR count). The van der Waals surface area contributed by atoms with Crippen LogP contribution in [0.3, 0.4) is 0 Å². The van der Waals surface area contributed by atoms with Gasteiger partial charge in [0, 0.05) is 30.9 Å². The van der Waals surface area contributed by atoms with Crippen molar-refractivity contribution in [1.82, 2.24) is 14.3 Å². The van der Waals surface area contributed by atoms with E-state index in [4.69, 9.17) is 0 Å². The summed E-state index contributed by atoms with van der Waals surface area (Å²) in [5, 5.41) is 0. The van der Waals surface area contributed by atoms with Crippen molar-refractivity contribution < 1.29 is 16.8 Å². The summed E-state index contributed by atoms with van der Waals surface area (Å²) in [4.78, 5) is 4.26. The molecule has 0 unspecified atom stereocenters. The van der Waals surface area contributed by atoms with E-state index < -0.39 is 19.9 Å². The van der Waals surface area contributed by atoms with E-state index in [1.165, 1.54) is 24.3 Å². The summed E-state index contributed by atoms with van der Waals surface area (Å²) < 4.78 is 52.2. The van der Waals surface area contributed by atoms with E-state index in [0.717, 1.165) is 23.3 Å². The largest absolute Gasteiger partial charge is 0.304 e. The molecule has 1 aromatic heterocycles. The Morgan fingerprint density at radius 3 is 2.04 bits per heavy atom. The predicted octanol–water partition coefficient (Wildman–Crippen LogP) is 2.06. The number of imidazole rings is 1. The lowest BCUT2D eigenvalue weighted by Gasteiger charge is -2.09. The van der Waals surface area contributed by atoms with Gasteiger partial charge in [-0.3, -0.25) is 0 Å². The third-order valence-corrected chi connectivity index (χ3v) is 6.61. The lowest BCUT2D eigenvalue weighted by molar-refractivity contribution is 0.580. The molecule has 0 bridgehead atoms. The molecule has 142 valence electrons. The first-order chi connectivity index (χ1) is 12.7. The maximum atomic E-state index is 12.4. The van der Waals surface area contributed by atoms with Crippen LogP contribution < -0.4 is 4.72 Å². The average molecular weight is 406 g/mol. The fraction of sp³-hybridized carbons (Fsp3) is 0.167. The van der Waals surface area contributed by atoms with Crippen LogP contribution in [0.1, 0.15) is 11.4 Å². The van der Waals surface area contributed by atoms with Crippen LogP contribution in [0, 0.1) is 6.92 Å². The van der Waals surface area contributed by atoms with E-state index >= 15 is 0 Å². The van der Waals surface area contributed by atoms with Gasteiger partial charge in [0.25, 0.3) is 0 Å². The number of sulfonamides is 1. The summed E-state index contributed by atoms with van der Waals surface area (Å²) in [6.07, 6.45) is 4.64. The van der Waals surface area contributed by atoms with Gasteiger partial charge in [0.1, 0.15) is 5.82 Å². The Morgan fingerprint density at radius 1 is 0.926 bits per heavy atom. The Hall–Kier alpha value is -2.49. The van der Waals surface area contributed by atoms with E-state index in [1.807, 2.05) is 42.0 Å². The summed E-state index contributed by atoms with van der Waals surface area (Å²) in [5.74, 6) is 0.862. The molecular formula is C18H19N3O4S2. The molecule has 0 amide bonds. The number of nitrogens with zero attached hydrogens (tertiary/aromatic N) is 2. The van der Waals surface area contributed by atoms with Gasteiger partial charge in [0.05, 0.1) is 9.79 Å². The Kier molecular flexibility index (Phi) is 5.18. The SMILES string of the molecule is Cc1nccn1-c1ccc(CNS(=O)(=O)c2ccc(S(C)(=O)=O)cc2)cc1. The highest BCUT2D eigenvalue weighted by Crippen LogP contribution is 2.16. The third kappa shape index (κ3) is 4.44. The molecule has 1 heterocycles. The molecular weight excluding hydrogens is 386 g/mol.